The Morgan fingerprint density at radius 2 is 1.81 bits per heavy atom. The van der Waals surface area contributed by atoms with Crippen molar-refractivity contribution in [2.45, 2.75) is 12.6 Å². The molecule has 4 nitrogen and oxygen atoms in total. The zero-order valence-electron chi connectivity index (χ0n) is 10.8. The number of hydrogen-bond donors (Lipinski definition) is 3. The third kappa shape index (κ3) is 5.54. The molecule has 0 aliphatic rings. The molecule has 0 aliphatic carbocycles. The summed E-state index contributed by atoms with van der Waals surface area (Å²) < 4.78 is 63.6. The van der Waals surface area contributed by atoms with Crippen LogP contribution in [0.15, 0.2) is 23.4 Å². The maximum atomic E-state index is 12.9. The normalized spacial score (nSPS) is 14.2. The van der Waals surface area contributed by atoms with Gasteiger partial charge in [0.15, 0.2) is 5.84 Å². The second-order valence-corrected chi connectivity index (χ2v) is 4.35. The number of alkyl halides is 3. The Morgan fingerprint density at radius 1 is 1.24 bits per heavy atom. The maximum Gasteiger partial charge on any atom is 0.400 e. The lowest BCUT2D eigenvalue weighted by atomic mass is 10.1. The number of nitrogens with zero attached hydrogens (tertiary/aromatic N) is 1. The van der Waals surface area contributed by atoms with E-state index in [0.29, 0.717) is 11.6 Å². The Balaban J connectivity index is 2.52. The van der Waals surface area contributed by atoms with Crippen LogP contribution in [0.3, 0.4) is 0 Å². The van der Waals surface area contributed by atoms with Crippen molar-refractivity contribution in [3.63, 3.8) is 0 Å². The molecule has 0 radical (unpaired) electrons. The van der Waals surface area contributed by atoms with Crippen molar-refractivity contribution in [3.8, 4) is 0 Å². The van der Waals surface area contributed by atoms with E-state index in [9.17, 15) is 22.0 Å². The number of benzene rings is 1. The van der Waals surface area contributed by atoms with Crippen molar-refractivity contribution in [2.75, 3.05) is 13.1 Å². The molecule has 0 aromatic heterocycles. The molecule has 4 N–H and O–H groups in total. The molecule has 1 aromatic rings. The van der Waals surface area contributed by atoms with E-state index >= 15 is 0 Å². The van der Waals surface area contributed by atoms with Gasteiger partial charge in [-0.2, -0.15) is 13.2 Å². The third-order valence-corrected chi connectivity index (χ3v) is 2.73. The average Bonchev–Trinajstić information content (AvgIpc) is 2.35. The van der Waals surface area contributed by atoms with Crippen molar-refractivity contribution >= 4 is 5.84 Å². The monoisotopic (exact) mass is 311 g/mol. The molecule has 0 saturated carbocycles. The molecule has 9 heteroatoms. The van der Waals surface area contributed by atoms with E-state index in [4.69, 9.17) is 10.9 Å². The minimum atomic E-state index is -4.66. The van der Waals surface area contributed by atoms with Crippen molar-refractivity contribution in [1.82, 2.24) is 5.32 Å². The van der Waals surface area contributed by atoms with Gasteiger partial charge in [-0.15, -0.1) is 0 Å². The molecule has 1 rings (SSSR count). The molecule has 1 atom stereocenters. The van der Waals surface area contributed by atoms with Crippen LogP contribution in [0.4, 0.5) is 22.0 Å². The number of halogens is 5. The first-order valence-corrected chi connectivity index (χ1v) is 5.94. The molecule has 1 aromatic carbocycles. The highest BCUT2D eigenvalue weighted by Gasteiger charge is 2.42. The molecule has 1 unspecified atom stereocenters. The van der Waals surface area contributed by atoms with Crippen LogP contribution in [0, 0.1) is 17.6 Å². The molecule has 0 spiro atoms. The largest absolute Gasteiger partial charge is 0.409 e. The van der Waals surface area contributed by atoms with Crippen molar-refractivity contribution in [1.29, 1.82) is 0 Å². The average molecular weight is 311 g/mol. The van der Waals surface area contributed by atoms with Gasteiger partial charge in [-0.05, 0) is 30.7 Å². The zero-order valence-corrected chi connectivity index (χ0v) is 10.8. The van der Waals surface area contributed by atoms with E-state index in [1.54, 1.807) is 0 Å². The number of nitrogens with one attached hydrogen (secondary N) is 1. The Kier molecular flexibility index (Phi) is 5.89. The lowest BCUT2D eigenvalue weighted by Gasteiger charge is -2.19. The Morgan fingerprint density at radius 3 is 2.29 bits per heavy atom. The van der Waals surface area contributed by atoms with Crippen LogP contribution in [-0.2, 0) is 6.42 Å². The summed E-state index contributed by atoms with van der Waals surface area (Å²) in [6, 6.07) is 2.89. The summed E-state index contributed by atoms with van der Waals surface area (Å²) in [4.78, 5) is 0. The molecule has 0 heterocycles. The summed E-state index contributed by atoms with van der Waals surface area (Å²) in [6.45, 7) is -0.550. The maximum absolute atomic E-state index is 12.9. The van der Waals surface area contributed by atoms with Crippen molar-refractivity contribution < 1.29 is 27.2 Å². The molecule has 0 aliphatic heterocycles. The van der Waals surface area contributed by atoms with Gasteiger partial charge in [-0.1, -0.05) is 5.16 Å². The van der Waals surface area contributed by atoms with Gasteiger partial charge in [-0.25, -0.2) is 8.78 Å². The molecular formula is C12H14F5N3O. The van der Waals surface area contributed by atoms with Gasteiger partial charge < -0.3 is 16.3 Å². The van der Waals surface area contributed by atoms with Gasteiger partial charge in [-0.3, -0.25) is 0 Å². The fourth-order valence-electron chi connectivity index (χ4n) is 1.69. The summed E-state index contributed by atoms with van der Waals surface area (Å²) in [5.41, 5.74) is 5.29. The summed E-state index contributed by atoms with van der Waals surface area (Å²) in [7, 11) is 0. The fourth-order valence-corrected chi connectivity index (χ4v) is 1.69. The van der Waals surface area contributed by atoms with Gasteiger partial charge in [0.05, 0.1) is 0 Å². The van der Waals surface area contributed by atoms with Gasteiger partial charge in [0.1, 0.15) is 17.6 Å². The quantitative estimate of drug-likeness (QED) is 0.188. The Bertz CT molecular complexity index is 484. The van der Waals surface area contributed by atoms with Crippen LogP contribution < -0.4 is 11.1 Å². The van der Waals surface area contributed by atoms with Gasteiger partial charge in [0, 0.05) is 12.6 Å². The smallest absolute Gasteiger partial charge is 0.400 e. The fraction of sp³-hybridized carbons (Fsp3) is 0.417. The van der Waals surface area contributed by atoms with Crippen LogP contribution in [0.5, 0.6) is 0 Å². The second kappa shape index (κ2) is 7.21. The lowest BCUT2D eigenvalue weighted by Crippen LogP contribution is -2.43. The molecular weight excluding hydrogens is 297 g/mol. The summed E-state index contributed by atoms with van der Waals surface area (Å²) in [5, 5.41) is 13.1. The number of amidine groups is 1. The molecule has 118 valence electrons. The summed E-state index contributed by atoms with van der Waals surface area (Å²) >= 11 is 0. The van der Waals surface area contributed by atoms with Crippen LogP contribution in [0.25, 0.3) is 0 Å². The highest BCUT2D eigenvalue weighted by molar-refractivity contribution is 5.83. The van der Waals surface area contributed by atoms with E-state index in [2.05, 4.69) is 10.5 Å². The predicted octanol–water partition coefficient (Wildman–Crippen LogP) is 2.02. The summed E-state index contributed by atoms with van der Waals surface area (Å²) in [6.07, 6.45) is -4.52. The van der Waals surface area contributed by atoms with Gasteiger partial charge in [0.25, 0.3) is 0 Å². The highest BCUT2D eigenvalue weighted by atomic mass is 19.4. The first kappa shape index (κ1) is 17.2. The molecule has 0 amide bonds. The van der Waals surface area contributed by atoms with Crippen molar-refractivity contribution in [3.05, 3.63) is 35.4 Å². The zero-order chi connectivity index (χ0) is 16.0. The minimum Gasteiger partial charge on any atom is -0.409 e. The molecule has 0 bridgehead atoms. The van der Waals surface area contributed by atoms with Crippen LogP contribution in [0.1, 0.15) is 5.56 Å². The predicted molar refractivity (Wildman–Crippen MR) is 65.9 cm³/mol. The minimum absolute atomic E-state index is 0.0498. The summed E-state index contributed by atoms with van der Waals surface area (Å²) in [5.74, 6) is -4.59. The second-order valence-electron chi connectivity index (χ2n) is 4.35. The Hall–Kier alpha value is -1.90. The SMILES string of the molecule is N/C(=N/O)C(CNCCc1cc(F)cc(F)c1)C(F)(F)F. The van der Waals surface area contributed by atoms with E-state index in [1.165, 1.54) is 0 Å². The van der Waals surface area contributed by atoms with Crippen LogP contribution in [0.2, 0.25) is 0 Å². The topological polar surface area (TPSA) is 70.6 Å². The highest BCUT2D eigenvalue weighted by Crippen LogP contribution is 2.25. The number of rotatable bonds is 6. The van der Waals surface area contributed by atoms with E-state index < -0.39 is 36.1 Å². The number of hydrogen-bond acceptors (Lipinski definition) is 3. The first-order chi connectivity index (χ1) is 9.74. The van der Waals surface area contributed by atoms with E-state index in [-0.39, 0.29) is 13.0 Å². The molecule has 21 heavy (non-hydrogen) atoms. The van der Waals surface area contributed by atoms with Crippen LogP contribution >= 0.6 is 0 Å². The first-order valence-electron chi connectivity index (χ1n) is 5.94. The van der Waals surface area contributed by atoms with E-state index in [1.807, 2.05) is 0 Å². The number of oxime groups is 1. The number of nitrogens with two attached hydrogens (primary N) is 1. The van der Waals surface area contributed by atoms with Gasteiger partial charge in [0.2, 0.25) is 0 Å². The molecule has 0 fully saturated rings. The third-order valence-electron chi connectivity index (χ3n) is 2.73. The van der Waals surface area contributed by atoms with E-state index in [0.717, 1.165) is 12.1 Å². The van der Waals surface area contributed by atoms with Gasteiger partial charge >= 0.3 is 6.18 Å². The van der Waals surface area contributed by atoms with Crippen molar-refractivity contribution in [2.24, 2.45) is 16.8 Å². The molecule has 0 saturated heterocycles. The Labute approximate surface area is 117 Å². The standard InChI is InChI=1S/C12H14F5N3O/c13-8-3-7(4-9(14)5-8)1-2-19-6-10(11(18)20-21)12(15,16)17/h3-5,10,19,21H,1-2,6H2,(H2,18,20). The lowest BCUT2D eigenvalue weighted by molar-refractivity contribution is -0.154. The van der Waals surface area contributed by atoms with Crippen LogP contribution in [-0.4, -0.2) is 30.3 Å².